The average molecular weight is 341 g/mol. The zero-order chi connectivity index (χ0) is 14.1. The molecule has 4 unspecified atom stereocenters. The third-order valence-corrected chi connectivity index (χ3v) is 4.11. The minimum Gasteiger partial charge on any atom is -0.457 e. The number of hydrogen-bond donors (Lipinski definition) is 0. The Balaban J connectivity index is 1.81. The second kappa shape index (κ2) is 5.85. The van der Waals surface area contributed by atoms with Crippen molar-refractivity contribution in [3.63, 3.8) is 0 Å². The van der Waals surface area contributed by atoms with Gasteiger partial charge in [0.25, 0.3) is 0 Å². The molecule has 0 N–H and O–H groups in total. The fraction of sp³-hybridized carbons (Fsp3) is 0.462. The van der Waals surface area contributed by atoms with Crippen LogP contribution in [0, 0.1) is 0 Å². The predicted octanol–water partition coefficient (Wildman–Crippen LogP) is 0.849. The standard InChI is InChI=1S/C13H14BBrO5/c1-8(16)18-11-10-7-17-13(15)12(11)20-14(19-10)9-5-3-2-4-6-9/h2-6,10-13H,7H2,1H3. The number of carbonyl (C=O) groups is 1. The lowest BCUT2D eigenvalue weighted by Crippen LogP contribution is -2.64. The second-order valence-corrected chi connectivity index (χ2v) is 5.68. The molecule has 1 aromatic rings. The Labute approximate surface area is 125 Å². The van der Waals surface area contributed by atoms with E-state index in [9.17, 15) is 4.79 Å². The number of alkyl halides is 1. The van der Waals surface area contributed by atoms with Crippen molar-refractivity contribution >= 4 is 34.5 Å². The summed E-state index contributed by atoms with van der Waals surface area (Å²) in [6.45, 7) is 1.74. The zero-order valence-corrected chi connectivity index (χ0v) is 12.5. The van der Waals surface area contributed by atoms with Gasteiger partial charge >= 0.3 is 13.1 Å². The third-order valence-electron chi connectivity index (χ3n) is 3.32. The zero-order valence-electron chi connectivity index (χ0n) is 10.9. The van der Waals surface area contributed by atoms with E-state index in [0.717, 1.165) is 5.46 Å². The molecule has 0 spiro atoms. The van der Waals surface area contributed by atoms with Crippen molar-refractivity contribution in [1.82, 2.24) is 0 Å². The Morgan fingerprint density at radius 1 is 1.35 bits per heavy atom. The molecule has 0 radical (unpaired) electrons. The maximum atomic E-state index is 11.2. The minimum atomic E-state index is -0.470. The van der Waals surface area contributed by atoms with Gasteiger partial charge in [-0.2, -0.15) is 0 Å². The van der Waals surface area contributed by atoms with Gasteiger partial charge in [-0.1, -0.05) is 46.3 Å². The van der Waals surface area contributed by atoms with Gasteiger partial charge in [-0.05, 0) is 5.46 Å². The van der Waals surface area contributed by atoms with E-state index >= 15 is 0 Å². The molecule has 3 rings (SSSR count). The Morgan fingerprint density at radius 3 is 2.80 bits per heavy atom. The van der Waals surface area contributed by atoms with Crippen LogP contribution >= 0.6 is 15.9 Å². The monoisotopic (exact) mass is 340 g/mol. The van der Waals surface area contributed by atoms with Crippen LogP contribution in [0.4, 0.5) is 0 Å². The van der Waals surface area contributed by atoms with E-state index in [1.54, 1.807) is 0 Å². The normalized spacial score (nSPS) is 32.8. The van der Waals surface area contributed by atoms with E-state index in [1.165, 1.54) is 6.92 Å². The molecule has 0 saturated carbocycles. The van der Waals surface area contributed by atoms with Gasteiger partial charge in [0.05, 0.1) is 6.61 Å². The van der Waals surface area contributed by atoms with Gasteiger partial charge < -0.3 is 18.8 Å². The molecule has 2 aliphatic rings. The smallest absolute Gasteiger partial charge is 0.457 e. The van der Waals surface area contributed by atoms with Crippen LogP contribution in [0.15, 0.2) is 30.3 Å². The summed E-state index contributed by atoms with van der Waals surface area (Å²) in [5.41, 5.74) is 0.936. The molecule has 7 heteroatoms. The van der Waals surface area contributed by atoms with Gasteiger partial charge in [0, 0.05) is 6.92 Å². The first-order valence-electron chi connectivity index (χ1n) is 6.44. The molecule has 20 heavy (non-hydrogen) atoms. The molecule has 2 heterocycles. The predicted molar refractivity (Wildman–Crippen MR) is 75.8 cm³/mol. The average Bonchev–Trinajstić information content (AvgIpc) is 2.43. The largest absolute Gasteiger partial charge is 0.494 e. The molecule has 0 aromatic heterocycles. The fourth-order valence-corrected chi connectivity index (χ4v) is 3.01. The van der Waals surface area contributed by atoms with Crippen LogP contribution in [0.25, 0.3) is 0 Å². The van der Waals surface area contributed by atoms with Crippen LogP contribution in [0.2, 0.25) is 0 Å². The molecule has 2 bridgehead atoms. The van der Waals surface area contributed by atoms with Crippen LogP contribution in [0.1, 0.15) is 6.92 Å². The topological polar surface area (TPSA) is 54.0 Å². The van der Waals surface area contributed by atoms with Crippen LogP contribution in [-0.4, -0.2) is 43.0 Å². The number of carbonyl (C=O) groups excluding carboxylic acids is 1. The van der Waals surface area contributed by atoms with Crippen molar-refractivity contribution in [3.05, 3.63) is 30.3 Å². The maximum Gasteiger partial charge on any atom is 0.494 e. The van der Waals surface area contributed by atoms with Gasteiger partial charge in [-0.3, -0.25) is 4.79 Å². The van der Waals surface area contributed by atoms with E-state index in [0.29, 0.717) is 6.61 Å². The van der Waals surface area contributed by atoms with Crippen LogP contribution in [0.5, 0.6) is 0 Å². The number of ether oxygens (including phenoxy) is 2. The summed E-state index contributed by atoms with van der Waals surface area (Å²) in [6, 6.07) is 9.68. The van der Waals surface area contributed by atoms with Crippen molar-refractivity contribution in [2.75, 3.05) is 6.61 Å². The van der Waals surface area contributed by atoms with Gasteiger partial charge in [-0.15, -0.1) is 0 Å². The summed E-state index contributed by atoms with van der Waals surface area (Å²) in [7, 11) is -0.470. The van der Waals surface area contributed by atoms with E-state index in [4.69, 9.17) is 18.8 Å². The van der Waals surface area contributed by atoms with Gasteiger partial charge in [-0.25, -0.2) is 0 Å². The molecule has 4 atom stereocenters. The highest BCUT2D eigenvalue weighted by molar-refractivity contribution is 9.09. The highest BCUT2D eigenvalue weighted by Gasteiger charge is 2.50. The fourth-order valence-electron chi connectivity index (χ4n) is 2.43. The molecule has 0 amide bonds. The summed E-state index contributed by atoms with van der Waals surface area (Å²) in [5.74, 6) is -0.350. The molecular formula is C13H14BBrO5. The SMILES string of the molecule is CC(=O)OC1C2COC(Br)C1OB(c1ccccc1)O2. The minimum absolute atomic E-state index is 0.321. The highest BCUT2D eigenvalue weighted by atomic mass is 79.9. The van der Waals surface area contributed by atoms with E-state index in [2.05, 4.69) is 15.9 Å². The van der Waals surface area contributed by atoms with E-state index in [-0.39, 0.29) is 17.1 Å². The van der Waals surface area contributed by atoms with E-state index < -0.39 is 19.3 Å². The number of halogens is 1. The first kappa shape index (κ1) is 14.1. The van der Waals surface area contributed by atoms with Crippen LogP contribution in [-0.2, 0) is 23.6 Å². The van der Waals surface area contributed by atoms with Crippen molar-refractivity contribution in [1.29, 1.82) is 0 Å². The van der Waals surface area contributed by atoms with Gasteiger partial charge in [0.15, 0.2) is 6.10 Å². The summed E-state index contributed by atoms with van der Waals surface area (Å²) in [4.78, 5) is 11.2. The number of esters is 1. The molecule has 2 aliphatic heterocycles. The lowest BCUT2D eigenvalue weighted by Gasteiger charge is -2.45. The Bertz CT molecular complexity index is 485. The Kier molecular flexibility index (Phi) is 4.12. The molecule has 1 aromatic carbocycles. The second-order valence-electron chi connectivity index (χ2n) is 4.78. The summed E-state index contributed by atoms with van der Waals surface area (Å²) >= 11 is 3.41. The first-order valence-corrected chi connectivity index (χ1v) is 7.35. The molecule has 0 aliphatic carbocycles. The van der Waals surface area contributed by atoms with Crippen LogP contribution < -0.4 is 5.46 Å². The van der Waals surface area contributed by atoms with Gasteiger partial charge in [0.1, 0.15) is 17.2 Å². The van der Waals surface area contributed by atoms with E-state index in [1.807, 2.05) is 30.3 Å². The number of rotatable bonds is 2. The third kappa shape index (κ3) is 2.76. The Hall–Kier alpha value is -0.885. The van der Waals surface area contributed by atoms with Crippen LogP contribution in [0.3, 0.4) is 0 Å². The highest BCUT2D eigenvalue weighted by Crippen LogP contribution is 2.31. The maximum absolute atomic E-state index is 11.2. The Morgan fingerprint density at radius 2 is 2.10 bits per heavy atom. The summed E-state index contributed by atoms with van der Waals surface area (Å²) in [5, 5.41) is -0.321. The van der Waals surface area contributed by atoms with Crippen molar-refractivity contribution in [2.45, 2.75) is 30.2 Å². The number of hydrogen-bond acceptors (Lipinski definition) is 5. The summed E-state index contributed by atoms with van der Waals surface area (Å²) in [6.07, 6.45) is -1.17. The van der Waals surface area contributed by atoms with Crippen molar-refractivity contribution in [3.8, 4) is 0 Å². The lowest BCUT2D eigenvalue weighted by atomic mass is 9.76. The number of benzene rings is 1. The van der Waals surface area contributed by atoms with Crippen molar-refractivity contribution < 1.29 is 23.6 Å². The van der Waals surface area contributed by atoms with Crippen molar-refractivity contribution in [2.24, 2.45) is 0 Å². The molecule has 2 saturated heterocycles. The number of fused-ring (bicyclic) bond motifs is 2. The van der Waals surface area contributed by atoms with Gasteiger partial charge in [0.2, 0.25) is 0 Å². The molecule has 5 nitrogen and oxygen atoms in total. The molecule has 106 valence electrons. The first-order chi connectivity index (χ1) is 9.65. The molecular weight excluding hydrogens is 327 g/mol. The summed E-state index contributed by atoms with van der Waals surface area (Å²) < 4.78 is 22.6. The lowest BCUT2D eigenvalue weighted by molar-refractivity contribution is -0.203. The quantitative estimate of drug-likeness (QED) is 0.454. The molecule has 2 fully saturated rings.